The standard InChI is InChI=1S/C36H45NO5.ClH/c1-7-21-35(3,4)33(39)41-31-20-19-29(23-32(31)42-34(40)36(5,6)22-8-2)30(38)26-37(24-27-15-11-9-12-16-27)25-28-17-13-10-14-18-28;/h9-20,23H,7-8,21-22,24-26H2,1-6H3;1H. The van der Waals surface area contributed by atoms with Gasteiger partial charge in [-0.15, -0.1) is 12.4 Å². The largest absolute Gasteiger partial charge is 0.422 e. The Labute approximate surface area is 263 Å². The summed E-state index contributed by atoms with van der Waals surface area (Å²) in [4.78, 5) is 42.0. The fourth-order valence-electron chi connectivity index (χ4n) is 4.92. The van der Waals surface area contributed by atoms with Gasteiger partial charge in [-0.25, -0.2) is 0 Å². The zero-order valence-corrected chi connectivity index (χ0v) is 27.2. The highest BCUT2D eigenvalue weighted by Crippen LogP contribution is 2.35. The summed E-state index contributed by atoms with van der Waals surface area (Å²) < 4.78 is 11.6. The third-order valence-electron chi connectivity index (χ3n) is 7.39. The number of esters is 2. The first-order valence-corrected chi connectivity index (χ1v) is 14.9. The topological polar surface area (TPSA) is 72.9 Å². The SMILES string of the molecule is CCCC(C)(C)C(=O)Oc1ccc(C(=O)CN(Cc2ccccc2)Cc2ccccc2)cc1OC(=O)C(C)(C)CCC.Cl. The molecule has 43 heavy (non-hydrogen) atoms. The van der Waals surface area contributed by atoms with Gasteiger partial charge in [0.15, 0.2) is 17.3 Å². The van der Waals surface area contributed by atoms with Gasteiger partial charge in [-0.05, 0) is 69.9 Å². The van der Waals surface area contributed by atoms with Gasteiger partial charge in [0.2, 0.25) is 0 Å². The molecule has 0 saturated carbocycles. The number of halogens is 1. The predicted octanol–water partition coefficient (Wildman–Crippen LogP) is 8.46. The average molecular weight is 608 g/mol. The van der Waals surface area contributed by atoms with Crippen molar-refractivity contribution in [1.29, 1.82) is 0 Å². The zero-order chi connectivity index (χ0) is 30.8. The number of ketones is 1. The minimum Gasteiger partial charge on any atom is -0.422 e. The second-order valence-electron chi connectivity index (χ2n) is 12.2. The van der Waals surface area contributed by atoms with E-state index in [-0.39, 0.29) is 36.2 Å². The Kier molecular flexibility index (Phi) is 13.6. The van der Waals surface area contributed by atoms with Crippen LogP contribution in [0.25, 0.3) is 0 Å². The number of ether oxygens (including phenoxy) is 2. The van der Waals surface area contributed by atoms with E-state index in [9.17, 15) is 14.4 Å². The van der Waals surface area contributed by atoms with Crippen LogP contribution in [0.2, 0.25) is 0 Å². The van der Waals surface area contributed by atoms with Crippen molar-refractivity contribution in [2.24, 2.45) is 10.8 Å². The van der Waals surface area contributed by atoms with E-state index in [1.165, 1.54) is 6.07 Å². The summed E-state index contributed by atoms with van der Waals surface area (Å²) in [6, 6.07) is 24.8. The first-order chi connectivity index (χ1) is 19.9. The van der Waals surface area contributed by atoms with Gasteiger partial charge in [-0.3, -0.25) is 19.3 Å². The van der Waals surface area contributed by atoms with Crippen LogP contribution in [0.15, 0.2) is 78.9 Å². The number of carbonyl (C=O) groups is 3. The highest BCUT2D eigenvalue weighted by molar-refractivity contribution is 5.98. The molecule has 3 rings (SSSR count). The number of carbonyl (C=O) groups excluding carboxylic acids is 3. The quantitative estimate of drug-likeness (QED) is 0.0980. The van der Waals surface area contributed by atoms with Gasteiger partial charge in [0.1, 0.15) is 0 Å². The Balaban J connectivity index is 0.00000645. The normalized spacial score (nSPS) is 11.5. The van der Waals surface area contributed by atoms with Crippen LogP contribution in [0.3, 0.4) is 0 Å². The Hall–Kier alpha value is -3.48. The van der Waals surface area contributed by atoms with Crippen LogP contribution < -0.4 is 9.47 Å². The molecule has 0 heterocycles. The Morgan fingerprint density at radius 1 is 0.651 bits per heavy atom. The summed E-state index contributed by atoms with van der Waals surface area (Å²) in [5.41, 5.74) is 1.14. The number of benzene rings is 3. The third-order valence-corrected chi connectivity index (χ3v) is 7.39. The summed E-state index contributed by atoms with van der Waals surface area (Å²) in [6.07, 6.45) is 2.92. The van der Waals surface area contributed by atoms with E-state index in [1.54, 1.807) is 12.1 Å². The summed E-state index contributed by atoms with van der Waals surface area (Å²) in [7, 11) is 0. The molecule has 0 aliphatic carbocycles. The first-order valence-electron chi connectivity index (χ1n) is 14.9. The van der Waals surface area contributed by atoms with Crippen LogP contribution in [0.5, 0.6) is 11.5 Å². The van der Waals surface area contributed by atoms with Crippen LogP contribution in [0.1, 0.15) is 88.7 Å². The third kappa shape index (κ3) is 10.6. The van der Waals surface area contributed by atoms with E-state index < -0.39 is 22.8 Å². The molecule has 0 amide bonds. The van der Waals surface area contributed by atoms with E-state index >= 15 is 0 Å². The van der Waals surface area contributed by atoms with Crippen molar-refractivity contribution in [1.82, 2.24) is 4.90 Å². The maximum absolute atomic E-state index is 13.7. The molecule has 3 aromatic rings. The van der Waals surface area contributed by atoms with Crippen molar-refractivity contribution in [3.63, 3.8) is 0 Å². The van der Waals surface area contributed by atoms with Crippen LogP contribution in [-0.4, -0.2) is 29.2 Å². The molecular weight excluding hydrogens is 562 g/mol. The molecule has 0 atom stereocenters. The second kappa shape index (κ2) is 16.4. The van der Waals surface area contributed by atoms with E-state index in [4.69, 9.17) is 9.47 Å². The maximum Gasteiger partial charge on any atom is 0.317 e. The lowest BCUT2D eigenvalue weighted by molar-refractivity contribution is -0.147. The van der Waals surface area contributed by atoms with Crippen molar-refractivity contribution >= 4 is 30.1 Å². The second-order valence-corrected chi connectivity index (χ2v) is 12.2. The molecule has 0 aromatic heterocycles. The number of hydrogen-bond acceptors (Lipinski definition) is 6. The number of nitrogens with zero attached hydrogens (tertiary/aromatic N) is 1. The molecule has 232 valence electrons. The van der Waals surface area contributed by atoms with E-state index in [0.29, 0.717) is 31.5 Å². The van der Waals surface area contributed by atoms with Gasteiger partial charge in [-0.1, -0.05) is 87.4 Å². The molecule has 0 saturated heterocycles. The Morgan fingerprint density at radius 2 is 1.09 bits per heavy atom. The van der Waals surface area contributed by atoms with Crippen molar-refractivity contribution in [2.75, 3.05) is 6.54 Å². The molecule has 0 aliphatic rings. The fourth-order valence-corrected chi connectivity index (χ4v) is 4.92. The van der Waals surface area contributed by atoms with Crippen LogP contribution >= 0.6 is 12.4 Å². The molecular formula is C36H46ClNO5. The fraction of sp³-hybridized carbons (Fsp3) is 0.417. The van der Waals surface area contributed by atoms with E-state index in [2.05, 4.69) is 4.90 Å². The van der Waals surface area contributed by atoms with Crippen molar-refractivity contribution in [2.45, 2.75) is 80.3 Å². The minimum atomic E-state index is -0.736. The summed E-state index contributed by atoms with van der Waals surface area (Å²) >= 11 is 0. The lowest BCUT2D eigenvalue weighted by Gasteiger charge is -2.25. The number of rotatable bonds is 15. The van der Waals surface area contributed by atoms with Crippen LogP contribution in [0.4, 0.5) is 0 Å². The highest BCUT2D eigenvalue weighted by Gasteiger charge is 2.32. The molecule has 0 unspecified atom stereocenters. The number of hydrogen-bond donors (Lipinski definition) is 0. The summed E-state index contributed by atoms with van der Waals surface area (Å²) in [6.45, 7) is 12.7. The Morgan fingerprint density at radius 3 is 1.53 bits per heavy atom. The van der Waals surface area contributed by atoms with Crippen LogP contribution in [0, 0.1) is 10.8 Å². The minimum absolute atomic E-state index is 0. The number of Topliss-reactive ketones (excluding diaryl/α,β-unsaturated/α-hetero) is 1. The molecule has 3 aromatic carbocycles. The molecule has 0 fully saturated rings. The van der Waals surface area contributed by atoms with Gasteiger partial charge in [-0.2, -0.15) is 0 Å². The molecule has 7 heteroatoms. The predicted molar refractivity (Wildman–Crippen MR) is 174 cm³/mol. The summed E-state index contributed by atoms with van der Waals surface area (Å²) in [5, 5.41) is 0. The molecule has 0 radical (unpaired) electrons. The monoisotopic (exact) mass is 607 g/mol. The molecule has 6 nitrogen and oxygen atoms in total. The van der Waals surface area contributed by atoms with Crippen molar-refractivity contribution < 1.29 is 23.9 Å². The lowest BCUT2D eigenvalue weighted by Crippen LogP contribution is -2.31. The maximum atomic E-state index is 13.7. The van der Waals surface area contributed by atoms with Gasteiger partial charge in [0, 0.05) is 18.7 Å². The first kappa shape index (κ1) is 35.7. The van der Waals surface area contributed by atoms with E-state index in [0.717, 1.165) is 24.0 Å². The van der Waals surface area contributed by atoms with Crippen LogP contribution in [-0.2, 0) is 22.7 Å². The smallest absolute Gasteiger partial charge is 0.317 e. The van der Waals surface area contributed by atoms with Crippen molar-refractivity contribution in [3.05, 3.63) is 95.6 Å². The van der Waals surface area contributed by atoms with Gasteiger partial charge >= 0.3 is 11.9 Å². The molecule has 0 N–H and O–H groups in total. The molecule has 0 aliphatic heterocycles. The molecule has 0 bridgehead atoms. The molecule has 0 spiro atoms. The Bertz CT molecular complexity index is 1300. The van der Waals surface area contributed by atoms with E-state index in [1.807, 2.05) is 102 Å². The highest BCUT2D eigenvalue weighted by atomic mass is 35.5. The van der Waals surface area contributed by atoms with Gasteiger partial charge in [0.05, 0.1) is 17.4 Å². The van der Waals surface area contributed by atoms with Gasteiger partial charge < -0.3 is 9.47 Å². The van der Waals surface area contributed by atoms with Crippen molar-refractivity contribution in [3.8, 4) is 11.5 Å². The zero-order valence-electron chi connectivity index (χ0n) is 26.4. The summed E-state index contributed by atoms with van der Waals surface area (Å²) in [5.74, 6) is -0.768. The van der Waals surface area contributed by atoms with Gasteiger partial charge in [0.25, 0.3) is 0 Å². The average Bonchev–Trinajstić information content (AvgIpc) is 2.94. The lowest BCUT2D eigenvalue weighted by atomic mass is 9.88.